The van der Waals surface area contributed by atoms with Gasteiger partial charge in [-0.25, -0.2) is 4.79 Å². The van der Waals surface area contributed by atoms with Gasteiger partial charge in [0.15, 0.2) is 0 Å². The molecule has 1 heterocycles. The van der Waals surface area contributed by atoms with Crippen molar-refractivity contribution < 1.29 is 32.9 Å². The van der Waals surface area contributed by atoms with Crippen molar-refractivity contribution in [3.8, 4) is 17.6 Å². The Kier molecular flexibility index (Phi) is 6.90. The summed E-state index contributed by atoms with van der Waals surface area (Å²) in [7, 11) is 1.26. The van der Waals surface area contributed by atoms with Crippen LogP contribution in [0, 0.1) is 11.3 Å². The lowest BCUT2D eigenvalue weighted by Crippen LogP contribution is -2.47. The number of hydrogen-bond acceptors (Lipinski definition) is 4. The van der Waals surface area contributed by atoms with Crippen molar-refractivity contribution in [1.29, 1.82) is 5.26 Å². The Labute approximate surface area is 202 Å². The first kappa shape index (κ1) is 25.4. The van der Waals surface area contributed by atoms with Crippen LogP contribution in [-0.4, -0.2) is 26.9 Å². The fourth-order valence-corrected chi connectivity index (χ4v) is 4.22. The number of aliphatic hydroxyl groups is 1. The average Bonchev–Trinajstić information content (AvgIpc) is 3.12. The largest absolute Gasteiger partial charge is 0.478 e. The molecule has 0 fully saturated rings. The van der Waals surface area contributed by atoms with Crippen LogP contribution in [0.3, 0.4) is 0 Å². The highest BCUT2D eigenvalue weighted by Crippen LogP contribution is 2.50. The van der Waals surface area contributed by atoms with Crippen LogP contribution in [-0.2, 0) is 12.6 Å². The lowest BCUT2D eigenvalue weighted by molar-refractivity contribution is -0.276. The summed E-state index contributed by atoms with van der Waals surface area (Å²) in [4.78, 5) is 11.1. The summed E-state index contributed by atoms with van der Waals surface area (Å²) in [5, 5.41) is 28.9. The van der Waals surface area contributed by atoms with Crippen molar-refractivity contribution >= 4 is 29.2 Å². The maximum atomic E-state index is 14.2. The van der Waals surface area contributed by atoms with E-state index in [0.29, 0.717) is 0 Å². The van der Waals surface area contributed by atoms with Crippen LogP contribution in [0.5, 0.6) is 11.5 Å². The molecule has 3 rings (SSSR count). The number of carbonyl (C=O) groups is 1. The molecule has 0 bridgehead atoms. The van der Waals surface area contributed by atoms with E-state index in [1.807, 2.05) is 0 Å². The first-order valence-electron chi connectivity index (χ1n) is 9.66. The van der Waals surface area contributed by atoms with E-state index in [1.165, 1.54) is 56.4 Å². The molecule has 0 amide bonds. The second-order valence-electron chi connectivity index (χ2n) is 7.49. The Morgan fingerprint density at radius 1 is 1.09 bits per heavy atom. The highest BCUT2D eigenvalue weighted by molar-refractivity contribution is 6.33. The molecule has 2 N–H and O–H groups in total. The number of hydrogen-bond donors (Lipinski definition) is 2. The van der Waals surface area contributed by atoms with Gasteiger partial charge in [-0.1, -0.05) is 36.2 Å². The van der Waals surface area contributed by atoms with Gasteiger partial charge in [-0.05, 0) is 42.0 Å². The van der Waals surface area contributed by atoms with E-state index in [4.69, 9.17) is 38.3 Å². The minimum atomic E-state index is -5.09. The summed E-state index contributed by atoms with van der Waals surface area (Å²) in [5.74, 6) is -2.43. The Morgan fingerprint density at radius 3 is 2.15 bits per heavy atom. The van der Waals surface area contributed by atoms with E-state index in [2.05, 4.69) is 0 Å². The first-order chi connectivity index (χ1) is 15.8. The fourth-order valence-electron chi connectivity index (χ4n) is 3.64. The summed E-state index contributed by atoms with van der Waals surface area (Å²) < 4.78 is 49.1. The SMILES string of the molecule is C[C@H](c1ccc(Oc2ccc(C(=O)O)c(Cl)c2)cc1Cl)[C@@](O)(c1ccc(C#N)n1C)C(F)(F)F. The van der Waals surface area contributed by atoms with Crippen molar-refractivity contribution in [2.45, 2.75) is 24.6 Å². The molecule has 0 aliphatic carbocycles. The average molecular weight is 513 g/mol. The van der Waals surface area contributed by atoms with Crippen molar-refractivity contribution in [2.75, 3.05) is 0 Å². The molecule has 0 saturated carbocycles. The van der Waals surface area contributed by atoms with Crippen LogP contribution in [0.15, 0.2) is 48.5 Å². The minimum absolute atomic E-state index is 0.00666. The maximum absolute atomic E-state index is 14.2. The number of ether oxygens (including phenoxy) is 1. The summed E-state index contributed by atoms with van der Waals surface area (Å²) in [6.45, 7) is 1.18. The molecule has 0 spiro atoms. The number of carboxylic acid groups (broad SMARTS) is 1. The number of nitrogens with zero attached hydrogens (tertiary/aromatic N) is 2. The number of carboxylic acids is 1. The highest BCUT2D eigenvalue weighted by atomic mass is 35.5. The second kappa shape index (κ2) is 9.22. The molecule has 34 heavy (non-hydrogen) atoms. The van der Waals surface area contributed by atoms with Crippen LogP contribution in [0.4, 0.5) is 13.2 Å². The van der Waals surface area contributed by atoms with Crippen LogP contribution >= 0.6 is 23.2 Å². The van der Waals surface area contributed by atoms with Gasteiger partial charge in [0.2, 0.25) is 5.60 Å². The number of rotatable bonds is 6. The van der Waals surface area contributed by atoms with Gasteiger partial charge in [0.05, 0.1) is 16.3 Å². The third kappa shape index (κ3) is 4.44. The molecule has 178 valence electrons. The molecule has 2 atom stereocenters. The molecular weight excluding hydrogens is 496 g/mol. The molecule has 1 aromatic heterocycles. The number of aromatic carboxylic acids is 1. The minimum Gasteiger partial charge on any atom is -0.478 e. The Hall–Kier alpha value is -3.19. The van der Waals surface area contributed by atoms with Gasteiger partial charge in [0.1, 0.15) is 23.3 Å². The normalized spacial score (nSPS) is 14.2. The maximum Gasteiger partial charge on any atom is 0.423 e. The Morgan fingerprint density at radius 2 is 1.68 bits per heavy atom. The van der Waals surface area contributed by atoms with Gasteiger partial charge in [0.25, 0.3) is 0 Å². The molecule has 0 unspecified atom stereocenters. The zero-order valence-corrected chi connectivity index (χ0v) is 19.2. The highest BCUT2D eigenvalue weighted by Gasteiger charge is 2.60. The van der Waals surface area contributed by atoms with Crippen molar-refractivity contribution in [3.63, 3.8) is 0 Å². The molecule has 0 saturated heterocycles. The number of benzene rings is 2. The number of aromatic nitrogens is 1. The van der Waals surface area contributed by atoms with Crippen LogP contribution < -0.4 is 4.74 Å². The van der Waals surface area contributed by atoms with Gasteiger partial charge in [-0.15, -0.1) is 0 Å². The molecule has 0 aliphatic rings. The third-order valence-corrected chi connectivity index (χ3v) is 6.17. The predicted molar refractivity (Wildman–Crippen MR) is 118 cm³/mol. The molecule has 3 aromatic rings. The summed E-state index contributed by atoms with van der Waals surface area (Å²) in [6.07, 6.45) is -5.09. The van der Waals surface area contributed by atoms with Crippen LogP contribution in [0.1, 0.15) is 40.2 Å². The molecule has 0 radical (unpaired) electrons. The Bertz CT molecular complexity index is 1300. The number of alkyl halides is 3. The Balaban J connectivity index is 1.98. The zero-order valence-electron chi connectivity index (χ0n) is 17.7. The predicted octanol–water partition coefficient (Wildman–Crippen LogP) is 6.25. The van der Waals surface area contributed by atoms with Crippen LogP contribution in [0.2, 0.25) is 10.0 Å². The molecule has 6 nitrogen and oxygen atoms in total. The van der Waals surface area contributed by atoms with Crippen molar-refractivity contribution in [1.82, 2.24) is 4.57 Å². The first-order valence-corrected chi connectivity index (χ1v) is 10.4. The summed E-state index contributed by atoms with van der Waals surface area (Å²) in [6, 6.07) is 11.8. The van der Waals surface area contributed by atoms with Gasteiger partial charge in [-0.2, -0.15) is 18.4 Å². The van der Waals surface area contributed by atoms with E-state index in [9.17, 15) is 23.1 Å². The molecule has 0 aliphatic heterocycles. The van der Waals surface area contributed by atoms with Crippen molar-refractivity contribution in [3.05, 3.63) is 81.1 Å². The quantitative estimate of drug-likeness (QED) is 0.407. The van der Waals surface area contributed by atoms with E-state index >= 15 is 0 Å². The fraction of sp³-hybridized carbons (Fsp3) is 0.217. The van der Waals surface area contributed by atoms with Gasteiger partial charge >= 0.3 is 12.1 Å². The topological polar surface area (TPSA) is 95.5 Å². The zero-order chi connectivity index (χ0) is 25.4. The number of halogens is 5. The second-order valence-corrected chi connectivity index (χ2v) is 8.31. The van der Waals surface area contributed by atoms with E-state index in [0.717, 1.165) is 10.6 Å². The lowest BCUT2D eigenvalue weighted by atomic mass is 9.80. The van der Waals surface area contributed by atoms with E-state index in [1.54, 1.807) is 6.07 Å². The van der Waals surface area contributed by atoms with Crippen molar-refractivity contribution in [2.24, 2.45) is 7.05 Å². The summed E-state index contributed by atoms with van der Waals surface area (Å²) >= 11 is 12.2. The molecule has 11 heteroatoms. The molecule has 2 aromatic carbocycles. The standard InChI is InChI=1S/C23H17Cl2F3N2O4/c1-12(22(33,23(26,27)28)20-8-3-13(11-29)30(20)2)16-6-4-14(9-18(16)24)34-15-5-7-17(21(31)32)19(25)10-15/h3-10,12,33H,1-2H3,(H,31,32)/t12-,22-/m1/s1. The van der Waals surface area contributed by atoms with Gasteiger partial charge in [-0.3, -0.25) is 0 Å². The van der Waals surface area contributed by atoms with E-state index < -0.39 is 29.4 Å². The smallest absolute Gasteiger partial charge is 0.423 e. The lowest BCUT2D eigenvalue weighted by Gasteiger charge is -2.37. The monoisotopic (exact) mass is 512 g/mol. The van der Waals surface area contributed by atoms with E-state index in [-0.39, 0.29) is 38.4 Å². The summed E-state index contributed by atoms with van der Waals surface area (Å²) in [5.41, 5.74) is -4.03. The molecular formula is C23H17Cl2F3N2O4. The third-order valence-electron chi connectivity index (χ3n) is 5.53. The van der Waals surface area contributed by atoms with Gasteiger partial charge < -0.3 is 19.5 Å². The van der Waals surface area contributed by atoms with Gasteiger partial charge in [0, 0.05) is 24.1 Å². The van der Waals surface area contributed by atoms with Crippen LogP contribution in [0.25, 0.3) is 0 Å². The number of nitriles is 1.